The summed E-state index contributed by atoms with van der Waals surface area (Å²) < 4.78 is 0.932. The van der Waals surface area contributed by atoms with Crippen LogP contribution in [-0.4, -0.2) is 17.8 Å². The molecule has 0 aliphatic rings. The Balaban J connectivity index is 2.79. The lowest BCUT2D eigenvalue weighted by Crippen LogP contribution is -2.25. The van der Waals surface area contributed by atoms with Gasteiger partial charge < -0.3 is 5.32 Å². The molecule has 0 spiro atoms. The molecule has 0 saturated heterocycles. The zero-order valence-electron chi connectivity index (χ0n) is 7.81. The summed E-state index contributed by atoms with van der Waals surface area (Å²) in [5, 5.41) is 3.57. The number of benzene rings is 1. The largest absolute Gasteiger partial charge is 0.351 e. The molecule has 2 nitrogen and oxygen atoms in total. The zero-order valence-corrected chi connectivity index (χ0v) is 11.0. The fraction of sp³-hybridized carbons (Fsp3) is 0.300. The van der Waals surface area contributed by atoms with Gasteiger partial charge in [0.15, 0.2) is 0 Å². The van der Waals surface area contributed by atoms with E-state index in [2.05, 4.69) is 37.2 Å². The van der Waals surface area contributed by atoms with Crippen molar-refractivity contribution in [1.29, 1.82) is 0 Å². The molecule has 76 valence electrons. The van der Waals surface area contributed by atoms with Crippen LogP contribution in [0.1, 0.15) is 15.9 Å². The number of hydrogen-bond acceptors (Lipinski definition) is 1. The highest BCUT2D eigenvalue weighted by molar-refractivity contribution is 9.10. The van der Waals surface area contributed by atoms with Crippen LogP contribution in [0.2, 0.25) is 0 Å². The third kappa shape index (κ3) is 3.42. The average Bonchev–Trinajstić information content (AvgIpc) is 2.12. The quantitative estimate of drug-likeness (QED) is 0.852. The van der Waals surface area contributed by atoms with E-state index in [0.29, 0.717) is 12.1 Å². The SMILES string of the molecule is Cc1cc(Br)cc(C(=O)NCCBr)c1. The van der Waals surface area contributed by atoms with Crippen LogP contribution in [0.5, 0.6) is 0 Å². The Morgan fingerprint density at radius 3 is 2.71 bits per heavy atom. The lowest BCUT2D eigenvalue weighted by molar-refractivity contribution is 0.0956. The minimum Gasteiger partial charge on any atom is -0.351 e. The molecule has 0 bridgehead atoms. The van der Waals surface area contributed by atoms with Gasteiger partial charge in [-0.05, 0) is 30.7 Å². The van der Waals surface area contributed by atoms with E-state index in [1.807, 2.05) is 25.1 Å². The molecule has 0 radical (unpaired) electrons. The molecule has 1 N–H and O–H groups in total. The number of amides is 1. The van der Waals surface area contributed by atoms with Gasteiger partial charge in [0.25, 0.3) is 5.91 Å². The highest BCUT2D eigenvalue weighted by atomic mass is 79.9. The van der Waals surface area contributed by atoms with Crippen molar-refractivity contribution in [1.82, 2.24) is 5.32 Å². The van der Waals surface area contributed by atoms with Crippen molar-refractivity contribution in [2.75, 3.05) is 11.9 Å². The standard InChI is InChI=1S/C10H11Br2NO/c1-7-4-8(6-9(12)5-7)10(14)13-3-2-11/h4-6H,2-3H2,1H3,(H,13,14). The predicted octanol–water partition coefficient (Wildman–Crippen LogP) is 2.88. The molecule has 14 heavy (non-hydrogen) atoms. The Labute approximate surface area is 100 Å². The summed E-state index contributed by atoms with van der Waals surface area (Å²) >= 11 is 6.62. The Kier molecular flexibility index (Phi) is 4.62. The molecule has 0 atom stereocenters. The Morgan fingerprint density at radius 2 is 2.14 bits per heavy atom. The minimum absolute atomic E-state index is 0.0335. The van der Waals surface area contributed by atoms with E-state index in [9.17, 15) is 4.79 Å². The highest BCUT2D eigenvalue weighted by Crippen LogP contribution is 2.15. The van der Waals surface area contributed by atoms with Gasteiger partial charge in [0.2, 0.25) is 0 Å². The smallest absolute Gasteiger partial charge is 0.251 e. The van der Waals surface area contributed by atoms with Gasteiger partial charge in [-0.1, -0.05) is 31.9 Å². The number of carbonyl (C=O) groups excluding carboxylic acids is 1. The number of hydrogen-bond donors (Lipinski definition) is 1. The highest BCUT2D eigenvalue weighted by Gasteiger charge is 2.05. The molecule has 1 rings (SSSR count). The fourth-order valence-corrected chi connectivity index (χ4v) is 1.94. The number of rotatable bonds is 3. The molecule has 0 aliphatic carbocycles. The molecule has 0 saturated carbocycles. The first-order chi connectivity index (χ1) is 6.63. The summed E-state index contributed by atoms with van der Waals surface area (Å²) in [7, 11) is 0. The van der Waals surface area contributed by atoms with E-state index >= 15 is 0 Å². The summed E-state index contributed by atoms with van der Waals surface area (Å²) in [4.78, 5) is 11.6. The molecule has 0 aliphatic heterocycles. The number of halogens is 2. The Morgan fingerprint density at radius 1 is 1.43 bits per heavy atom. The molecular formula is C10H11Br2NO. The lowest BCUT2D eigenvalue weighted by atomic mass is 10.1. The van der Waals surface area contributed by atoms with Crippen molar-refractivity contribution in [3.05, 3.63) is 33.8 Å². The maximum atomic E-state index is 11.6. The van der Waals surface area contributed by atoms with Gasteiger partial charge in [0.1, 0.15) is 0 Å². The number of alkyl halides is 1. The van der Waals surface area contributed by atoms with E-state index in [1.165, 1.54) is 0 Å². The van der Waals surface area contributed by atoms with E-state index in [-0.39, 0.29) is 5.91 Å². The topological polar surface area (TPSA) is 29.1 Å². The van der Waals surface area contributed by atoms with Crippen molar-refractivity contribution in [2.24, 2.45) is 0 Å². The van der Waals surface area contributed by atoms with Crippen molar-refractivity contribution in [2.45, 2.75) is 6.92 Å². The maximum absolute atomic E-state index is 11.6. The first-order valence-electron chi connectivity index (χ1n) is 4.25. The van der Waals surface area contributed by atoms with Crippen LogP contribution in [-0.2, 0) is 0 Å². The van der Waals surface area contributed by atoms with Crippen LogP contribution in [0.4, 0.5) is 0 Å². The molecule has 0 heterocycles. The van der Waals surface area contributed by atoms with Crippen LogP contribution in [0, 0.1) is 6.92 Å². The van der Waals surface area contributed by atoms with Crippen molar-refractivity contribution < 1.29 is 4.79 Å². The first kappa shape index (κ1) is 11.7. The monoisotopic (exact) mass is 319 g/mol. The maximum Gasteiger partial charge on any atom is 0.251 e. The van der Waals surface area contributed by atoms with Crippen LogP contribution in [0.25, 0.3) is 0 Å². The van der Waals surface area contributed by atoms with E-state index in [1.54, 1.807) is 0 Å². The second-order valence-electron chi connectivity index (χ2n) is 2.96. The summed E-state index contributed by atoms with van der Waals surface area (Å²) in [6.45, 7) is 2.61. The van der Waals surface area contributed by atoms with Crippen molar-refractivity contribution >= 4 is 37.8 Å². The summed E-state index contributed by atoms with van der Waals surface area (Å²) in [6, 6.07) is 5.66. The van der Waals surface area contributed by atoms with E-state index < -0.39 is 0 Å². The van der Waals surface area contributed by atoms with E-state index in [4.69, 9.17) is 0 Å². The first-order valence-corrected chi connectivity index (χ1v) is 6.16. The normalized spacial score (nSPS) is 9.93. The van der Waals surface area contributed by atoms with Crippen LogP contribution in [0.3, 0.4) is 0 Å². The molecule has 0 fully saturated rings. The van der Waals surface area contributed by atoms with Gasteiger partial charge >= 0.3 is 0 Å². The second kappa shape index (κ2) is 5.51. The Bertz CT molecular complexity index is 319. The fourth-order valence-electron chi connectivity index (χ4n) is 1.13. The molecule has 1 amide bonds. The van der Waals surface area contributed by atoms with Crippen LogP contribution >= 0.6 is 31.9 Å². The van der Waals surface area contributed by atoms with Crippen molar-refractivity contribution in [3.63, 3.8) is 0 Å². The van der Waals surface area contributed by atoms with Crippen molar-refractivity contribution in [3.8, 4) is 0 Å². The summed E-state index contributed by atoms with van der Waals surface area (Å²) in [6.07, 6.45) is 0. The van der Waals surface area contributed by atoms with Gasteiger partial charge in [-0.15, -0.1) is 0 Å². The van der Waals surface area contributed by atoms with Gasteiger partial charge in [-0.3, -0.25) is 4.79 Å². The molecular weight excluding hydrogens is 310 g/mol. The van der Waals surface area contributed by atoms with E-state index in [0.717, 1.165) is 15.4 Å². The molecule has 1 aromatic rings. The second-order valence-corrected chi connectivity index (χ2v) is 4.67. The number of aryl methyl sites for hydroxylation is 1. The molecule has 1 aromatic carbocycles. The van der Waals surface area contributed by atoms with Gasteiger partial charge in [-0.2, -0.15) is 0 Å². The average molecular weight is 321 g/mol. The van der Waals surface area contributed by atoms with Gasteiger partial charge in [-0.25, -0.2) is 0 Å². The third-order valence-electron chi connectivity index (χ3n) is 1.68. The number of carbonyl (C=O) groups is 1. The lowest BCUT2D eigenvalue weighted by Gasteiger charge is -2.04. The summed E-state index contributed by atoms with van der Waals surface area (Å²) in [5.74, 6) is -0.0335. The van der Waals surface area contributed by atoms with Gasteiger partial charge in [0, 0.05) is 21.9 Å². The number of nitrogens with one attached hydrogen (secondary N) is 1. The molecule has 0 aromatic heterocycles. The zero-order chi connectivity index (χ0) is 10.6. The predicted molar refractivity (Wildman–Crippen MR) is 65.0 cm³/mol. The molecule has 4 heteroatoms. The minimum atomic E-state index is -0.0335. The van der Waals surface area contributed by atoms with Gasteiger partial charge in [0.05, 0.1) is 0 Å². The van der Waals surface area contributed by atoms with Crippen LogP contribution < -0.4 is 5.32 Å². The Hall–Kier alpha value is -0.350. The van der Waals surface area contributed by atoms with Crippen LogP contribution in [0.15, 0.2) is 22.7 Å². The summed E-state index contributed by atoms with van der Waals surface area (Å²) in [5.41, 5.74) is 1.76. The molecule has 0 unspecified atom stereocenters. The third-order valence-corrected chi connectivity index (χ3v) is 2.54.